The van der Waals surface area contributed by atoms with Gasteiger partial charge in [0.2, 0.25) is 5.75 Å². The van der Waals surface area contributed by atoms with E-state index >= 15 is 0 Å². The molecule has 1 aliphatic carbocycles. The fourth-order valence-corrected chi connectivity index (χ4v) is 3.56. The Labute approximate surface area is 127 Å². The van der Waals surface area contributed by atoms with Crippen molar-refractivity contribution < 1.29 is 19.4 Å². The second-order valence-corrected chi connectivity index (χ2v) is 5.47. The zero-order chi connectivity index (χ0) is 15.4. The zero-order valence-electron chi connectivity index (χ0n) is 12.3. The van der Waals surface area contributed by atoms with Crippen LogP contribution in [-0.2, 0) is 6.42 Å². The van der Waals surface area contributed by atoms with Crippen molar-refractivity contribution in [3.8, 4) is 28.4 Å². The highest BCUT2D eigenvalue weighted by atomic mass is 16.5. The van der Waals surface area contributed by atoms with Crippen molar-refractivity contribution in [2.45, 2.75) is 12.5 Å². The summed E-state index contributed by atoms with van der Waals surface area (Å²) < 4.78 is 10.8. The van der Waals surface area contributed by atoms with Crippen molar-refractivity contribution in [3.05, 3.63) is 41.0 Å². The molecule has 2 aliphatic rings. The molecule has 5 nitrogen and oxygen atoms in total. The van der Waals surface area contributed by atoms with Crippen LogP contribution in [0, 0.1) is 0 Å². The highest BCUT2D eigenvalue weighted by Crippen LogP contribution is 2.55. The van der Waals surface area contributed by atoms with Crippen LogP contribution in [0.4, 0.5) is 0 Å². The number of hydrogen-bond acceptors (Lipinski definition) is 4. The van der Waals surface area contributed by atoms with Gasteiger partial charge in [-0.2, -0.15) is 0 Å². The van der Waals surface area contributed by atoms with Crippen LogP contribution in [0.5, 0.6) is 17.2 Å². The van der Waals surface area contributed by atoms with Gasteiger partial charge in [0.1, 0.15) is 0 Å². The van der Waals surface area contributed by atoms with Gasteiger partial charge in [-0.15, -0.1) is 0 Å². The number of phenolic OH excluding ortho intramolecular Hbond substituents is 1. The molecular weight excluding hydrogens is 282 g/mol. The number of carbonyl (C=O) groups excluding carboxylic acids is 1. The molecule has 0 aromatic heterocycles. The highest BCUT2D eigenvalue weighted by molar-refractivity contribution is 6.07. The van der Waals surface area contributed by atoms with Gasteiger partial charge in [0, 0.05) is 11.1 Å². The van der Waals surface area contributed by atoms with Gasteiger partial charge in [-0.25, -0.2) is 0 Å². The number of carbonyl (C=O) groups is 1. The van der Waals surface area contributed by atoms with E-state index in [1.54, 1.807) is 0 Å². The van der Waals surface area contributed by atoms with Gasteiger partial charge in [0.15, 0.2) is 11.5 Å². The van der Waals surface area contributed by atoms with E-state index in [0.29, 0.717) is 17.7 Å². The van der Waals surface area contributed by atoms with Gasteiger partial charge in [-0.3, -0.25) is 4.79 Å². The second-order valence-electron chi connectivity index (χ2n) is 5.47. The molecule has 22 heavy (non-hydrogen) atoms. The predicted molar refractivity (Wildman–Crippen MR) is 80.6 cm³/mol. The largest absolute Gasteiger partial charge is 0.504 e. The minimum Gasteiger partial charge on any atom is -0.504 e. The summed E-state index contributed by atoms with van der Waals surface area (Å²) in [6.07, 6.45) is 0.705. The van der Waals surface area contributed by atoms with Crippen LogP contribution in [0.25, 0.3) is 11.1 Å². The number of hydrogen-bond donors (Lipinski definition) is 2. The SMILES string of the molecule is COc1c(O)c2c3c(c1OC)-c1ccccc1CC3NC2=O. The molecule has 1 amide bonds. The number of benzene rings is 2. The van der Waals surface area contributed by atoms with Crippen LogP contribution in [0.15, 0.2) is 24.3 Å². The Morgan fingerprint density at radius 3 is 2.59 bits per heavy atom. The van der Waals surface area contributed by atoms with E-state index in [2.05, 4.69) is 5.32 Å². The van der Waals surface area contributed by atoms with Crippen molar-refractivity contribution >= 4 is 5.91 Å². The Bertz CT molecular complexity index is 813. The standard InChI is InChI=1S/C17H15NO4/c1-21-15-11-9-6-4-3-5-8(9)7-10-12(11)13(17(20)18-10)14(19)16(15)22-2/h3-6,10,19H,7H2,1-2H3,(H,18,20). The molecule has 0 spiro atoms. The Balaban J connectivity index is 2.17. The average Bonchev–Trinajstić information content (AvgIpc) is 2.86. The molecule has 2 aromatic rings. The normalized spacial score (nSPS) is 17.5. The van der Waals surface area contributed by atoms with Crippen molar-refractivity contribution in [2.75, 3.05) is 14.2 Å². The Morgan fingerprint density at radius 2 is 1.86 bits per heavy atom. The molecule has 0 radical (unpaired) electrons. The van der Waals surface area contributed by atoms with Crippen LogP contribution < -0.4 is 14.8 Å². The second kappa shape index (κ2) is 4.40. The number of fused-ring (bicyclic) bond motifs is 2. The maximum atomic E-state index is 12.3. The van der Waals surface area contributed by atoms with Crippen molar-refractivity contribution in [1.82, 2.24) is 5.32 Å². The molecule has 0 fully saturated rings. The lowest BCUT2D eigenvalue weighted by Gasteiger charge is -2.27. The minimum absolute atomic E-state index is 0.141. The lowest BCUT2D eigenvalue weighted by Crippen LogP contribution is -2.22. The number of phenols is 1. The maximum absolute atomic E-state index is 12.3. The molecule has 0 saturated carbocycles. The number of nitrogens with one attached hydrogen (secondary N) is 1. The van der Waals surface area contributed by atoms with Gasteiger partial charge in [0.25, 0.3) is 5.91 Å². The molecule has 112 valence electrons. The Hall–Kier alpha value is -2.69. The van der Waals surface area contributed by atoms with Gasteiger partial charge >= 0.3 is 0 Å². The summed E-state index contributed by atoms with van der Waals surface area (Å²) in [4.78, 5) is 12.3. The van der Waals surface area contributed by atoms with E-state index in [0.717, 1.165) is 22.3 Å². The molecule has 4 rings (SSSR count). The number of rotatable bonds is 2. The molecule has 1 aliphatic heterocycles. The van der Waals surface area contributed by atoms with E-state index in [4.69, 9.17) is 9.47 Å². The molecular formula is C17H15NO4. The van der Waals surface area contributed by atoms with Crippen LogP contribution in [0.3, 0.4) is 0 Å². The monoisotopic (exact) mass is 297 g/mol. The smallest absolute Gasteiger partial charge is 0.256 e. The Kier molecular flexibility index (Phi) is 2.60. The number of ether oxygens (including phenoxy) is 2. The van der Waals surface area contributed by atoms with Gasteiger partial charge in [0.05, 0.1) is 25.8 Å². The number of aromatic hydroxyl groups is 1. The third-order valence-corrected chi connectivity index (χ3v) is 4.42. The first-order valence-corrected chi connectivity index (χ1v) is 7.07. The molecule has 5 heteroatoms. The fourth-order valence-electron chi connectivity index (χ4n) is 3.56. The molecule has 1 heterocycles. The molecule has 2 N–H and O–H groups in total. The highest BCUT2D eigenvalue weighted by Gasteiger charge is 2.41. The quantitative estimate of drug-likeness (QED) is 0.893. The van der Waals surface area contributed by atoms with Crippen LogP contribution in [-0.4, -0.2) is 25.2 Å². The summed E-state index contributed by atoms with van der Waals surface area (Å²) >= 11 is 0. The average molecular weight is 297 g/mol. The first-order valence-electron chi connectivity index (χ1n) is 7.07. The van der Waals surface area contributed by atoms with Crippen molar-refractivity contribution in [1.29, 1.82) is 0 Å². The third kappa shape index (κ3) is 1.45. The maximum Gasteiger partial charge on any atom is 0.256 e. The molecule has 0 bridgehead atoms. The summed E-state index contributed by atoms with van der Waals surface area (Å²) in [5.74, 6) is 0.237. The zero-order valence-corrected chi connectivity index (χ0v) is 12.3. The third-order valence-electron chi connectivity index (χ3n) is 4.42. The van der Waals surface area contributed by atoms with Crippen molar-refractivity contribution in [3.63, 3.8) is 0 Å². The van der Waals surface area contributed by atoms with E-state index in [9.17, 15) is 9.90 Å². The Morgan fingerprint density at radius 1 is 1.14 bits per heavy atom. The molecule has 1 atom stereocenters. The topological polar surface area (TPSA) is 67.8 Å². The van der Waals surface area contributed by atoms with E-state index < -0.39 is 0 Å². The first-order chi connectivity index (χ1) is 10.7. The van der Waals surface area contributed by atoms with Crippen LogP contribution >= 0.6 is 0 Å². The van der Waals surface area contributed by atoms with Crippen molar-refractivity contribution in [2.24, 2.45) is 0 Å². The number of amides is 1. The minimum atomic E-state index is -0.271. The predicted octanol–water partition coefficient (Wildman–Crippen LogP) is 2.42. The summed E-state index contributed by atoms with van der Waals surface area (Å²) in [6.45, 7) is 0. The van der Waals surface area contributed by atoms with Crippen LogP contribution in [0.1, 0.15) is 27.5 Å². The van der Waals surface area contributed by atoms with E-state index in [-0.39, 0.29) is 23.4 Å². The lowest BCUT2D eigenvalue weighted by atomic mass is 9.81. The summed E-state index contributed by atoms with van der Waals surface area (Å²) in [6, 6.07) is 7.84. The van der Waals surface area contributed by atoms with E-state index in [1.165, 1.54) is 14.2 Å². The molecule has 1 unspecified atom stereocenters. The molecule has 0 saturated heterocycles. The van der Waals surface area contributed by atoms with Gasteiger partial charge < -0.3 is 19.9 Å². The van der Waals surface area contributed by atoms with Gasteiger partial charge in [-0.05, 0) is 17.5 Å². The summed E-state index contributed by atoms with van der Waals surface area (Å²) in [5, 5.41) is 13.4. The summed E-state index contributed by atoms with van der Waals surface area (Å²) in [7, 11) is 2.99. The first kappa shape index (κ1) is 13.0. The van der Waals surface area contributed by atoms with E-state index in [1.807, 2.05) is 24.3 Å². The van der Waals surface area contributed by atoms with Gasteiger partial charge in [-0.1, -0.05) is 24.3 Å². The lowest BCUT2D eigenvalue weighted by molar-refractivity contribution is 0.0953. The molecule has 2 aromatic carbocycles. The summed E-state index contributed by atoms with van der Waals surface area (Å²) in [5.41, 5.74) is 4.09. The number of methoxy groups -OCH3 is 2. The van der Waals surface area contributed by atoms with Crippen LogP contribution in [0.2, 0.25) is 0 Å². The fraction of sp³-hybridized carbons (Fsp3) is 0.235.